The standard InChI is InChI=1S/C14H26O8/c1-8(16)10(3,18)11(4,19)12(5,20)13(6,21)14(22,7-15)9(2)17/h15,18-22H,7H2,1-6H3/t10?,11-,12+,13-,14-/m0/s1. The van der Waals surface area contributed by atoms with Crippen molar-refractivity contribution >= 4 is 11.6 Å². The molecular formula is C14H26O8. The lowest BCUT2D eigenvalue weighted by Crippen LogP contribution is -2.80. The van der Waals surface area contributed by atoms with E-state index in [0.29, 0.717) is 0 Å². The summed E-state index contributed by atoms with van der Waals surface area (Å²) in [5, 5.41) is 61.4. The highest BCUT2D eigenvalue weighted by atomic mass is 16.4. The van der Waals surface area contributed by atoms with Crippen LogP contribution < -0.4 is 0 Å². The molecule has 0 aromatic heterocycles. The SMILES string of the molecule is CC(=O)C(C)(O)[C@](C)(O)[C@@](C)(O)[C@](C)(O)[C@](O)(CO)C(C)=O. The number of carbonyl (C=O) groups is 2. The number of hydrogen-bond donors (Lipinski definition) is 6. The lowest BCUT2D eigenvalue weighted by molar-refractivity contribution is -0.308. The van der Waals surface area contributed by atoms with E-state index in [4.69, 9.17) is 0 Å². The van der Waals surface area contributed by atoms with Crippen molar-refractivity contribution < 1.29 is 40.2 Å². The van der Waals surface area contributed by atoms with Gasteiger partial charge in [0.1, 0.15) is 16.8 Å². The molecule has 0 saturated carbocycles. The maximum atomic E-state index is 11.6. The first kappa shape index (κ1) is 21.1. The van der Waals surface area contributed by atoms with Crippen molar-refractivity contribution in [2.75, 3.05) is 6.61 Å². The van der Waals surface area contributed by atoms with E-state index in [1.165, 1.54) is 0 Å². The number of aliphatic hydroxyl groups excluding tert-OH is 1. The molecule has 5 atom stereocenters. The summed E-state index contributed by atoms with van der Waals surface area (Å²) >= 11 is 0. The molecule has 0 radical (unpaired) electrons. The second-order valence-corrected chi connectivity index (χ2v) is 6.42. The van der Waals surface area contributed by atoms with E-state index in [9.17, 15) is 40.2 Å². The summed E-state index contributed by atoms with van der Waals surface area (Å²) in [5.74, 6) is -1.98. The normalized spacial score (nSPS) is 25.8. The smallest absolute Gasteiger partial charge is 0.176 e. The van der Waals surface area contributed by atoms with Crippen LogP contribution in [-0.2, 0) is 9.59 Å². The fraction of sp³-hybridized carbons (Fsp3) is 0.857. The topological polar surface area (TPSA) is 156 Å². The van der Waals surface area contributed by atoms with Crippen molar-refractivity contribution in [3.05, 3.63) is 0 Å². The zero-order valence-corrected chi connectivity index (χ0v) is 13.7. The minimum atomic E-state index is -2.83. The Bertz CT molecular complexity index is 463. The third-order valence-electron chi connectivity index (χ3n) is 5.15. The van der Waals surface area contributed by atoms with Crippen LogP contribution in [0, 0.1) is 0 Å². The van der Waals surface area contributed by atoms with Gasteiger partial charge in [-0.25, -0.2) is 0 Å². The van der Waals surface area contributed by atoms with Gasteiger partial charge in [-0.1, -0.05) is 0 Å². The third kappa shape index (κ3) is 2.49. The zero-order valence-electron chi connectivity index (χ0n) is 13.7. The largest absolute Gasteiger partial charge is 0.393 e. The highest BCUT2D eigenvalue weighted by Crippen LogP contribution is 2.44. The number of ketones is 2. The lowest BCUT2D eigenvalue weighted by atomic mass is 9.60. The quantitative estimate of drug-likeness (QED) is 0.311. The lowest BCUT2D eigenvalue weighted by Gasteiger charge is -2.56. The first-order valence-corrected chi connectivity index (χ1v) is 6.70. The van der Waals surface area contributed by atoms with Crippen molar-refractivity contribution in [1.29, 1.82) is 0 Å². The van der Waals surface area contributed by atoms with Gasteiger partial charge in [-0.15, -0.1) is 0 Å². The number of carbonyl (C=O) groups excluding carboxylic acids is 2. The van der Waals surface area contributed by atoms with E-state index in [-0.39, 0.29) is 0 Å². The predicted molar refractivity (Wildman–Crippen MR) is 75.9 cm³/mol. The fourth-order valence-corrected chi connectivity index (χ4v) is 2.30. The van der Waals surface area contributed by atoms with Gasteiger partial charge in [0.25, 0.3) is 0 Å². The molecule has 130 valence electrons. The predicted octanol–water partition coefficient (Wildman–Crippen LogP) is -2.11. The minimum absolute atomic E-state index is 0.815. The Morgan fingerprint density at radius 2 is 1.09 bits per heavy atom. The molecule has 8 heteroatoms. The molecule has 0 aromatic carbocycles. The van der Waals surface area contributed by atoms with E-state index in [2.05, 4.69) is 0 Å². The van der Waals surface area contributed by atoms with Gasteiger partial charge in [-0.3, -0.25) is 9.59 Å². The van der Waals surface area contributed by atoms with Crippen molar-refractivity contribution in [2.24, 2.45) is 0 Å². The number of hydrogen-bond acceptors (Lipinski definition) is 8. The van der Waals surface area contributed by atoms with E-state index in [1.54, 1.807) is 0 Å². The Morgan fingerprint density at radius 3 is 1.32 bits per heavy atom. The number of Topliss-reactive ketones (excluding diaryl/α,β-unsaturated/α-hetero) is 2. The Morgan fingerprint density at radius 1 is 0.727 bits per heavy atom. The average Bonchev–Trinajstić information content (AvgIpc) is 2.35. The zero-order chi connectivity index (χ0) is 18.4. The molecule has 0 fully saturated rings. The van der Waals surface area contributed by atoms with Crippen LogP contribution in [0.4, 0.5) is 0 Å². The molecule has 0 rings (SSSR count). The van der Waals surface area contributed by atoms with E-state index in [1.807, 2.05) is 0 Å². The minimum Gasteiger partial charge on any atom is -0.393 e. The van der Waals surface area contributed by atoms with Crippen LogP contribution in [0.3, 0.4) is 0 Å². The van der Waals surface area contributed by atoms with Crippen molar-refractivity contribution in [2.45, 2.75) is 69.5 Å². The first-order valence-electron chi connectivity index (χ1n) is 6.70. The molecule has 6 N–H and O–H groups in total. The summed E-state index contributed by atoms with van der Waals surface area (Å²) < 4.78 is 0. The summed E-state index contributed by atoms with van der Waals surface area (Å²) in [7, 11) is 0. The molecule has 1 unspecified atom stereocenters. The summed E-state index contributed by atoms with van der Waals surface area (Å²) in [5.41, 5.74) is -13.6. The first-order chi connectivity index (χ1) is 9.45. The fourth-order valence-electron chi connectivity index (χ4n) is 2.30. The van der Waals surface area contributed by atoms with E-state index < -0.39 is 46.2 Å². The van der Waals surface area contributed by atoms with Crippen LogP contribution in [0.5, 0.6) is 0 Å². The summed E-state index contributed by atoms with van der Waals surface area (Å²) in [4.78, 5) is 23.2. The third-order valence-corrected chi connectivity index (χ3v) is 5.15. The highest BCUT2D eigenvalue weighted by Gasteiger charge is 2.69. The molecule has 0 saturated heterocycles. The second-order valence-electron chi connectivity index (χ2n) is 6.42. The van der Waals surface area contributed by atoms with Crippen LogP contribution in [-0.4, -0.2) is 76.8 Å². The molecule has 0 heterocycles. The van der Waals surface area contributed by atoms with Crippen molar-refractivity contribution in [3.63, 3.8) is 0 Å². The number of rotatable bonds is 7. The van der Waals surface area contributed by atoms with Gasteiger partial charge in [0, 0.05) is 0 Å². The summed E-state index contributed by atoms with van der Waals surface area (Å²) in [6, 6.07) is 0. The molecule has 0 aromatic rings. The van der Waals surface area contributed by atoms with Gasteiger partial charge in [0.2, 0.25) is 0 Å². The summed E-state index contributed by atoms with van der Waals surface area (Å²) in [6.45, 7) is 4.04. The average molecular weight is 322 g/mol. The van der Waals surface area contributed by atoms with Gasteiger partial charge in [0.05, 0.1) is 6.61 Å². The number of aliphatic hydroxyl groups is 6. The van der Waals surface area contributed by atoms with Gasteiger partial charge >= 0.3 is 0 Å². The van der Waals surface area contributed by atoms with Crippen LogP contribution in [0.2, 0.25) is 0 Å². The monoisotopic (exact) mass is 322 g/mol. The van der Waals surface area contributed by atoms with Gasteiger partial charge in [-0.2, -0.15) is 0 Å². The Balaban J connectivity index is 6.33. The summed E-state index contributed by atoms with van der Waals surface area (Å²) in [6.07, 6.45) is 0. The Hall–Kier alpha value is -0.900. The van der Waals surface area contributed by atoms with Gasteiger partial charge < -0.3 is 30.6 Å². The molecule has 0 aliphatic carbocycles. The molecule has 0 spiro atoms. The van der Waals surface area contributed by atoms with Crippen LogP contribution in [0.15, 0.2) is 0 Å². The van der Waals surface area contributed by atoms with E-state index in [0.717, 1.165) is 41.5 Å². The molecule has 0 amide bonds. The highest BCUT2D eigenvalue weighted by molar-refractivity contribution is 5.88. The maximum Gasteiger partial charge on any atom is 0.176 e. The van der Waals surface area contributed by atoms with E-state index >= 15 is 0 Å². The second kappa shape index (κ2) is 5.63. The molecule has 0 bridgehead atoms. The molecule has 22 heavy (non-hydrogen) atoms. The Kier molecular flexibility index (Phi) is 5.40. The van der Waals surface area contributed by atoms with Gasteiger partial charge in [-0.05, 0) is 41.5 Å². The molecule has 0 aliphatic rings. The maximum absolute atomic E-state index is 11.6. The van der Waals surface area contributed by atoms with Crippen LogP contribution in [0.1, 0.15) is 41.5 Å². The molecule has 8 nitrogen and oxygen atoms in total. The Labute approximate surface area is 129 Å². The molecular weight excluding hydrogens is 296 g/mol. The van der Waals surface area contributed by atoms with Crippen molar-refractivity contribution in [3.8, 4) is 0 Å². The van der Waals surface area contributed by atoms with Crippen LogP contribution >= 0.6 is 0 Å². The van der Waals surface area contributed by atoms with Gasteiger partial charge in [0.15, 0.2) is 22.8 Å². The molecule has 0 aliphatic heterocycles. The van der Waals surface area contributed by atoms with Crippen molar-refractivity contribution in [1.82, 2.24) is 0 Å². The van der Waals surface area contributed by atoms with Crippen LogP contribution in [0.25, 0.3) is 0 Å².